The van der Waals surface area contributed by atoms with E-state index in [2.05, 4.69) is 4.72 Å². The smallest absolute Gasteiger partial charge is 0.307 e. The molecule has 0 aromatic carbocycles. The maximum absolute atomic E-state index is 12.3. The number of carbonyl (C=O) groups is 1. The number of nitrogens with one attached hydrogen (secondary N) is 1. The minimum absolute atomic E-state index is 0.179. The normalized spacial score (nSPS) is 20.6. The maximum Gasteiger partial charge on any atom is 0.307 e. The molecule has 1 rings (SSSR count). The third-order valence-electron chi connectivity index (χ3n) is 3.70. The monoisotopic (exact) mass is 335 g/mol. The van der Waals surface area contributed by atoms with Gasteiger partial charge in [-0.15, -0.1) is 0 Å². The number of ether oxygens (including phenoxy) is 3. The lowest BCUT2D eigenvalue weighted by molar-refractivity contribution is -0.165. The molecule has 6 nitrogen and oxygen atoms in total. The van der Waals surface area contributed by atoms with Gasteiger partial charge in [0.15, 0.2) is 5.79 Å². The average Bonchev–Trinajstić information content (AvgIpc) is 2.93. The van der Waals surface area contributed by atoms with E-state index in [0.29, 0.717) is 26.1 Å². The topological polar surface area (TPSA) is 73.9 Å². The van der Waals surface area contributed by atoms with E-state index < -0.39 is 21.5 Å². The Morgan fingerprint density at radius 1 is 1.36 bits per heavy atom. The van der Waals surface area contributed by atoms with Crippen LogP contribution in [0.25, 0.3) is 0 Å². The molecule has 1 saturated heterocycles. The highest BCUT2D eigenvalue weighted by atomic mass is 32.2. The molecular formula is C15H29NO5S. The maximum atomic E-state index is 12.3. The van der Waals surface area contributed by atoms with E-state index >= 15 is 0 Å². The van der Waals surface area contributed by atoms with Gasteiger partial charge in [-0.25, -0.2) is 8.93 Å². The molecule has 130 valence electrons. The van der Waals surface area contributed by atoms with Gasteiger partial charge in [-0.2, -0.15) is 0 Å². The van der Waals surface area contributed by atoms with Crippen LogP contribution in [0.15, 0.2) is 0 Å². The number of carbonyl (C=O) groups excluding carboxylic acids is 1. The molecule has 1 aliphatic rings. The Kier molecular flexibility index (Phi) is 7.45. The van der Waals surface area contributed by atoms with Crippen molar-refractivity contribution >= 4 is 17.0 Å². The number of hydrogen-bond acceptors (Lipinski definition) is 5. The van der Waals surface area contributed by atoms with Crippen LogP contribution in [0, 0.1) is 0 Å². The van der Waals surface area contributed by atoms with Crippen LogP contribution in [0.4, 0.5) is 0 Å². The van der Waals surface area contributed by atoms with Gasteiger partial charge in [0.2, 0.25) is 0 Å². The summed E-state index contributed by atoms with van der Waals surface area (Å²) >= 11 is 0. The van der Waals surface area contributed by atoms with Crippen molar-refractivity contribution in [3.8, 4) is 0 Å². The number of hydrogen-bond donors (Lipinski definition) is 1. The molecular weight excluding hydrogens is 306 g/mol. The number of esters is 1. The largest absolute Gasteiger partial charge is 0.469 e. The Morgan fingerprint density at radius 3 is 2.41 bits per heavy atom. The van der Waals surface area contributed by atoms with E-state index in [1.54, 1.807) is 0 Å². The van der Waals surface area contributed by atoms with Crippen molar-refractivity contribution in [2.45, 2.75) is 70.0 Å². The first-order chi connectivity index (χ1) is 10.2. The Labute approximate surface area is 135 Å². The summed E-state index contributed by atoms with van der Waals surface area (Å²) in [7, 11) is 0.114. The summed E-state index contributed by atoms with van der Waals surface area (Å²) in [5.74, 6) is -0.888. The average molecular weight is 335 g/mol. The Morgan fingerprint density at radius 2 is 1.95 bits per heavy atom. The van der Waals surface area contributed by atoms with Crippen LogP contribution in [-0.2, 0) is 30.0 Å². The summed E-state index contributed by atoms with van der Waals surface area (Å²) in [4.78, 5) is 11.6. The molecule has 22 heavy (non-hydrogen) atoms. The number of methoxy groups -OCH3 is 1. The van der Waals surface area contributed by atoms with Gasteiger partial charge in [-0.05, 0) is 33.6 Å². The molecule has 2 atom stereocenters. The van der Waals surface area contributed by atoms with Gasteiger partial charge in [0.05, 0.1) is 42.5 Å². The number of rotatable bonds is 8. The molecule has 7 heteroatoms. The molecule has 0 unspecified atom stereocenters. The first-order valence-corrected chi connectivity index (χ1v) is 8.90. The standard InChI is InChI=1S/C15H29NO5S/c1-6-15(20-9-10-21-15)8-7-12(11-13(17)19-5)16-22(18)14(2,3)4/h12,16H,6-11H2,1-5H3/t12-,22-/m0/s1. The van der Waals surface area contributed by atoms with Crippen LogP contribution in [0.5, 0.6) is 0 Å². The molecule has 0 saturated carbocycles. The lowest BCUT2D eigenvalue weighted by Crippen LogP contribution is -2.42. The quantitative estimate of drug-likeness (QED) is 0.686. The van der Waals surface area contributed by atoms with Gasteiger partial charge in [0.25, 0.3) is 0 Å². The van der Waals surface area contributed by atoms with Crippen LogP contribution < -0.4 is 4.72 Å². The van der Waals surface area contributed by atoms with Gasteiger partial charge >= 0.3 is 5.97 Å². The van der Waals surface area contributed by atoms with E-state index in [4.69, 9.17) is 14.2 Å². The fraction of sp³-hybridized carbons (Fsp3) is 0.933. The molecule has 0 aromatic heterocycles. The molecule has 0 aliphatic carbocycles. The van der Waals surface area contributed by atoms with Crippen LogP contribution in [-0.4, -0.2) is 47.1 Å². The first-order valence-electron chi connectivity index (χ1n) is 7.75. The predicted molar refractivity (Wildman–Crippen MR) is 85.6 cm³/mol. The molecule has 0 amide bonds. The van der Waals surface area contributed by atoms with Crippen LogP contribution in [0.3, 0.4) is 0 Å². The second-order valence-electron chi connectivity index (χ2n) is 6.48. The zero-order chi connectivity index (χ0) is 16.8. The van der Waals surface area contributed by atoms with Crippen LogP contribution in [0.2, 0.25) is 0 Å². The lowest BCUT2D eigenvalue weighted by atomic mass is 10.0. The third-order valence-corrected chi connectivity index (χ3v) is 5.36. The minimum Gasteiger partial charge on any atom is -0.469 e. The Bertz CT molecular complexity index is 388. The predicted octanol–water partition coefficient (Wildman–Crippen LogP) is 1.90. The van der Waals surface area contributed by atoms with Crippen molar-refractivity contribution in [2.24, 2.45) is 0 Å². The molecule has 0 spiro atoms. The summed E-state index contributed by atoms with van der Waals surface area (Å²) in [6.07, 6.45) is 2.21. The molecule has 0 bridgehead atoms. The summed E-state index contributed by atoms with van der Waals surface area (Å²) in [6, 6.07) is -0.233. The minimum atomic E-state index is -1.24. The van der Waals surface area contributed by atoms with Crippen LogP contribution in [0.1, 0.15) is 53.4 Å². The summed E-state index contributed by atoms with van der Waals surface area (Å²) < 4.78 is 31.1. The van der Waals surface area contributed by atoms with Crippen molar-refractivity contribution in [3.05, 3.63) is 0 Å². The molecule has 1 aliphatic heterocycles. The Hall–Kier alpha value is -0.500. The third kappa shape index (κ3) is 5.95. The lowest BCUT2D eigenvalue weighted by Gasteiger charge is -2.29. The molecule has 1 heterocycles. The first kappa shape index (κ1) is 19.5. The van der Waals surface area contributed by atoms with Crippen molar-refractivity contribution in [1.82, 2.24) is 4.72 Å². The van der Waals surface area contributed by atoms with Gasteiger partial charge < -0.3 is 14.2 Å². The summed E-state index contributed by atoms with van der Waals surface area (Å²) in [6.45, 7) is 8.88. The zero-order valence-corrected chi connectivity index (χ0v) is 15.1. The van der Waals surface area contributed by atoms with Gasteiger partial charge in [-0.3, -0.25) is 4.79 Å². The van der Waals surface area contributed by atoms with Crippen molar-refractivity contribution in [2.75, 3.05) is 20.3 Å². The SMILES string of the molecule is CCC1(CC[C@@H](CC(=O)OC)N[S@@](=O)C(C)(C)C)OCCO1. The van der Waals surface area contributed by atoms with Gasteiger partial charge in [0, 0.05) is 12.5 Å². The van der Waals surface area contributed by atoms with Crippen molar-refractivity contribution in [1.29, 1.82) is 0 Å². The molecule has 1 N–H and O–H groups in total. The highest BCUT2D eigenvalue weighted by Crippen LogP contribution is 2.29. The van der Waals surface area contributed by atoms with Crippen molar-refractivity contribution in [3.63, 3.8) is 0 Å². The van der Waals surface area contributed by atoms with E-state index in [0.717, 1.165) is 6.42 Å². The van der Waals surface area contributed by atoms with Gasteiger partial charge in [-0.1, -0.05) is 6.92 Å². The molecule has 0 aromatic rings. The Balaban J connectivity index is 2.65. The molecule has 1 fully saturated rings. The van der Waals surface area contributed by atoms with E-state index in [1.807, 2.05) is 27.7 Å². The van der Waals surface area contributed by atoms with E-state index in [1.165, 1.54) is 7.11 Å². The zero-order valence-electron chi connectivity index (χ0n) is 14.3. The van der Waals surface area contributed by atoms with Crippen LogP contribution >= 0.6 is 0 Å². The van der Waals surface area contributed by atoms with Crippen molar-refractivity contribution < 1.29 is 23.2 Å². The second kappa shape index (κ2) is 8.38. The second-order valence-corrected chi connectivity index (χ2v) is 8.47. The highest BCUT2D eigenvalue weighted by molar-refractivity contribution is 7.84. The van der Waals surface area contributed by atoms with Gasteiger partial charge in [0.1, 0.15) is 0 Å². The fourth-order valence-electron chi connectivity index (χ4n) is 2.23. The highest BCUT2D eigenvalue weighted by Gasteiger charge is 2.35. The molecule has 0 radical (unpaired) electrons. The van der Waals surface area contributed by atoms with E-state index in [-0.39, 0.29) is 18.4 Å². The summed E-state index contributed by atoms with van der Waals surface area (Å²) in [5, 5.41) is 0. The fourth-order valence-corrected chi connectivity index (χ4v) is 3.09. The summed E-state index contributed by atoms with van der Waals surface area (Å²) in [5.41, 5.74) is 0. The van der Waals surface area contributed by atoms with E-state index in [9.17, 15) is 9.00 Å².